The van der Waals surface area contributed by atoms with Gasteiger partial charge in [0.2, 0.25) is 0 Å². The van der Waals surface area contributed by atoms with Gasteiger partial charge in [0.1, 0.15) is 5.75 Å². The summed E-state index contributed by atoms with van der Waals surface area (Å²) in [6, 6.07) is 12.2. The van der Waals surface area contributed by atoms with Gasteiger partial charge in [-0.2, -0.15) is 0 Å². The van der Waals surface area contributed by atoms with Crippen molar-refractivity contribution in [2.45, 2.75) is 6.92 Å². The molecule has 0 spiro atoms. The standard InChI is InChI=1S/C21H22BrN3O4S/c1-2-29-18-8-7-14(22)13-16(18)19(26)24-21(30)23-17-6-4-3-5-15(17)20(27)25-9-11-28-12-10-25/h3-8,13H,2,9-12H2,1H3,(H2,23,24,26,30). The van der Waals surface area contributed by atoms with Crippen molar-refractivity contribution in [1.82, 2.24) is 10.2 Å². The Balaban J connectivity index is 1.72. The Morgan fingerprint density at radius 3 is 2.63 bits per heavy atom. The Hall–Kier alpha value is -2.49. The maximum atomic E-state index is 12.9. The van der Waals surface area contributed by atoms with Crippen LogP contribution in [0.1, 0.15) is 27.6 Å². The zero-order valence-electron chi connectivity index (χ0n) is 16.4. The third-order valence-corrected chi connectivity index (χ3v) is 5.11. The van der Waals surface area contributed by atoms with Crippen LogP contribution in [0.15, 0.2) is 46.9 Å². The maximum Gasteiger partial charge on any atom is 0.261 e. The number of para-hydroxylation sites is 1. The molecule has 2 aromatic rings. The lowest BCUT2D eigenvalue weighted by Gasteiger charge is -2.27. The van der Waals surface area contributed by atoms with Crippen LogP contribution in [0.5, 0.6) is 5.75 Å². The average molecular weight is 492 g/mol. The number of amides is 2. The summed E-state index contributed by atoms with van der Waals surface area (Å²) in [5, 5.41) is 5.71. The summed E-state index contributed by atoms with van der Waals surface area (Å²) in [4.78, 5) is 27.3. The van der Waals surface area contributed by atoms with Crippen LogP contribution in [0.2, 0.25) is 0 Å². The Bertz CT molecular complexity index is 948. The summed E-state index contributed by atoms with van der Waals surface area (Å²) < 4.78 is 11.6. The molecule has 2 amide bonds. The van der Waals surface area contributed by atoms with Crippen LogP contribution in [0.4, 0.5) is 5.69 Å². The van der Waals surface area contributed by atoms with Crippen LogP contribution in [-0.4, -0.2) is 54.7 Å². The largest absolute Gasteiger partial charge is 0.493 e. The summed E-state index contributed by atoms with van der Waals surface area (Å²) in [5.74, 6) is -0.0562. The number of hydrogen-bond acceptors (Lipinski definition) is 5. The van der Waals surface area contributed by atoms with E-state index in [1.165, 1.54) is 0 Å². The molecule has 0 aromatic heterocycles. The summed E-state index contributed by atoms with van der Waals surface area (Å²) in [6.45, 7) is 4.39. The molecule has 30 heavy (non-hydrogen) atoms. The van der Waals surface area contributed by atoms with E-state index in [1.807, 2.05) is 6.92 Å². The van der Waals surface area contributed by atoms with Gasteiger partial charge in [-0.05, 0) is 49.5 Å². The molecule has 158 valence electrons. The molecule has 0 radical (unpaired) electrons. The van der Waals surface area contributed by atoms with Gasteiger partial charge in [0.05, 0.1) is 36.6 Å². The molecule has 1 aliphatic rings. The van der Waals surface area contributed by atoms with E-state index in [0.29, 0.717) is 55.5 Å². The lowest BCUT2D eigenvalue weighted by molar-refractivity contribution is 0.0303. The van der Waals surface area contributed by atoms with Crippen molar-refractivity contribution in [3.63, 3.8) is 0 Å². The number of rotatable bonds is 5. The molecule has 7 nitrogen and oxygen atoms in total. The minimum Gasteiger partial charge on any atom is -0.493 e. The molecule has 2 N–H and O–H groups in total. The fraction of sp³-hybridized carbons (Fsp3) is 0.286. The highest BCUT2D eigenvalue weighted by Gasteiger charge is 2.22. The molecule has 0 aliphatic carbocycles. The molecular formula is C21H22BrN3O4S. The first-order valence-electron chi connectivity index (χ1n) is 9.50. The van der Waals surface area contributed by atoms with Crippen molar-refractivity contribution in [3.8, 4) is 5.75 Å². The van der Waals surface area contributed by atoms with Gasteiger partial charge in [0.25, 0.3) is 11.8 Å². The maximum absolute atomic E-state index is 12.9. The van der Waals surface area contributed by atoms with Crippen molar-refractivity contribution in [2.75, 3.05) is 38.2 Å². The smallest absolute Gasteiger partial charge is 0.261 e. The second kappa shape index (κ2) is 10.5. The highest BCUT2D eigenvalue weighted by atomic mass is 79.9. The average Bonchev–Trinajstić information content (AvgIpc) is 2.75. The summed E-state index contributed by atoms with van der Waals surface area (Å²) in [7, 11) is 0. The molecule has 3 rings (SSSR count). The Morgan fingerprint density at radius 2 is 1.90 bits per heavy atom. The SMILES string of the molecule is CCOc1ccc(Br)cc1C(=O)NC(=S)Nc1ccccc1C(=O)N1CCOCC1. The van der Waals surface area contributed by atoms with E-state index in [1.54, 1.807) is 47.4 Å². The van der Waals surface area contributed by atoms with Gasteiger partial charge in [0.15, 0.2) is 5.11 Å². The van der Waals surface area contributed by atoms with Gasteiger partial charge >= 0.3 is 0 Å². The van der Waals surface area contributed by atoms with Gasteiger partial charge in [-0.1, -0.05) is 28.1 Å². The number of carbonyl (C=O) groups excluding carboxylic acids is 2. The molecule has 9 heteroatoms. The van der Waals surface area contributed by atoms with Crippen molar-refractivity contribution < 1.29 is 19.1 Å². The first-order chi connectivity index (χ1) is 14.5. The van der Waals surface area contributed by atoms with Gasteiger partial charge in [-0.25, -0.2) is 0 Å². The van der Waals surface area contributed by atoms with E-state index in [0.717, 1.165) is 4.47 Å². The van der Waals surface area contributed by atoms with Crippen LogP contribution in [0.3, 0.4) is 0 Å². The van der Waals surface area contributed by atoms with E-state index in [2.05, 4.69) is 26.6 Å². The number of anilines is 1. The summed E-state index contributed by atoms with van der Waals surface area (Å²) in [6.07, 6.45) is 0. The number of ether oxygens (including phenoxy) is 2. The van der Waals surface area contributed by atoms with Crippen LogP contribution in [0.25, 0.3) is 0 Å². The Kier molecular flexibility index (Phi) is 7.78. The zero-order valence-corrected chi connectivity index (χ0v) is 18.8. The highest BCUT2D eigenvalue weighted by molar-refractivity contribution is 9.10. The molecule has 2 aromatic carbocycles. The number of nitrogens with one attached hydrogen (secondary N) is 2. The van der Waals surface area contributed by atoms with Gasteiger partial charge in [0, 0.05) is 17.6 Å². The monoisotopic (exact) mass is 491 g/mol. The van der Waals surface area contributed by atoms with Gasteiger partial charge in [-0.15, -0.1) is 0 Å². The molecule has 1 fully saturated rings. The predicted molar refractivity (Wildman–Crippen MR) is 122 cm³/mol. The van der Waals surface area contributed by atoms with Crippen LogP contribution >= 0.6 is 28.1 Å². The fourth-order valence-corrected chi connectivity index (χ4v) is 3.56. The quantitative estimate of drug-likeness (QED) is 0.623. The number of halogens is 1. The number of benzene rings is 2. The number of morpholine rings is 1. The lowest BCUT2D eigenvalue weighted by Crippen LogP contribution is -2.41. The van der Waals surface area contributed by atoms with E-state index in [-0.39, 0.29) is 11.0 Å². The van der Waals surface area contributed by atoms with Crippen molar-refractivity contribution >= 4 is 50.8 Å². The Labute approximate surface area is 188 Å². The molecule has 0 bridgehead atoms. The van der Waals surface area contributed by atoms with E-state index in [9.17, 15) is 9.59 Å². The molecule has 1 aliphatic heterocycles. The third-order valence-electron chi connectivity index (χ3n) is 4.42. The minimum absolute atomic E-state index is 0.0876. The fourth-order valence-electron chi connectivity index (χ4n) is 3.00. The van der Waals surface area contributed by atoms with Crippen molar-refractivity contribution in [2.24, 2.45) is 0 Å². The van der Waals surface area contributed by atoms with Crippen LogP contribution < -0.4 is 15.4 Å². The minimum atomic E-state index is -0.408. The van der Waals surface area contributed by atoms with E-state index >= 15 is 0 Å². The third kappa shape index (κ3) is 5.56. The predicted octanol–water partition coefficient (Wildman–Crippen LogP) is 3.45. The number of thiocarbonyl (C=S) groups is 1. The topological polar surface area (TPSA) is 79.9 Å². The first-order valence-corrected chi connectivity index (χ1v) is 10.7. The van der Waals surface area contributed by atoms with Gasteiger partial charge in [-0.3, -0.25) is 14.9 Å². The normalized spacial score (nSPS) is 13.5. The first kappa shape index (κ1) is 22.2. The molecule has 0 saturated carbocycles. The van der Waals surface area contributed by atoms with E-state index in [4.69, 9.17) is 21.7 Å². The molecule has 1 saturated heterocycles. The number of hydrogen-bond donors (Lipinski definition) is 2. The van der Waals surface area contributed by atoms with E-state index < -0.39 is 5.91 Å². The second-order valence-electron chi connectivity index (χ2n) is 6.43. The van der Waals surface area contributed by atoms with Crippen LogP contribution in [-0.2, 0) is 4.74 Å². The molecule has 0 unspecified atom stereocenters. The number of carbonyl (C=O) groups is 2. The highest BCUT2D eigenvalue weighted by Crippen LogP contribution is 2.23. The van der Waals surface area contributed by atoms with Crippen LogP contribution in [0, 0.1) is 0 Å². The number of nitrogens with zero attached hydrogens (tertiary/aromatic N) is 1. The zero-order chi connectivity index (χ0) is 21.5. The summed E-state index contributed by atoms with van der Waals surface area (Å²) in [5.41, 5.74) is 1.36. The Morgan fingerprint density at radius 1 is 1.17 bits per heavy atom. The summed E-state index contributed by atoms with van der Waals surface area (Å²) >= 11 is 8.68. The molecular weight excluding hydrogens is 470 g/mol. The van der Waals surface area contributed by atoms with Crippen molar-refractivity contribution in [1.29, 1.82) is 0 Å². The lowest BCUT2D eigenvalue weighted by atomic mass is 10.1. The molecule has 1 heterocycles. The van der Waals surface area contributed by atoms with Gasteiger partial charge < -0.3 is 19.7 Å². The second-order valence-corrected chi connectivity index (χ2v) is 7.76. The molecule has 0 atom stereocenters. The van der Waals surface area contributed by atoms with Crippen molar-refractivity contribution in [3.05, 3.63) is 58.1 Å².